The van der Waals surface area contributed by atoms with Gasteiger partial charge in [-0.3, -0.25) is 4.79 Å². The Balaban J connectivity index is 1.80. The fraction of sp³-hybridized carbons (Fsp3) is 0.214. The fourth-order valence-corrected chi connectivity index (χ4v) is 1.84. The summed E-state index contributed by atoms with van der Waals surface area (Å²) in [4.78, 5) is 29.2. The van der Waals surface area contributed by atoms with Gasteiger partial charge in [-0.1, -0.05) is 12.1 Å². The third kappa shape index (κ3) is 4.98. The molecule has 2 amide bonds. The first-order valence-corrected chi connectivity index (χ1v) is 6.46. The molecule has 4 N–H and O–H groups in total. The fourth-order valence-electron chi connectivity index (χ4n) is 1.84. The molecule has 7 nitrogen and oxygen atoms in total. The van der Waals surface area contributed by atoms with Crippen LogP contribution in [0.15, 0.2) is 36.8 Å². The lowest BCUT2D eigenvalue weighted by Gasteiger charge is -2.08. The van der Waals surface area contributed by atoms with Crippen molar-refractivity contribution in [2.75, 3.05) is 11.9 Å². The minimum atomic E-state index is -0.906. The molecule has 0 saturated heterocycles. The molecular weight excluding hydrogens is 272 g/mol. The van der Waals surface area contributed by atoms with Crippen molar-refractivity contribution in [2.24, 2.45) is 0 Å². The van der Waals surface area contributed by atoms with Crippen LogP contribution in [0.5, 0.6) is 0 Å². The maximum absolute atomic E-state index is 11.7. The molecule has 1 heterocycles. The number of aromatic amines is 1. The molecular formula is C14H16N4O3. The van der Waals surface area contributed by atoms with Gasteiger partial charge in [-0.15, -0.1) is 0 Å². The quantitative estimate of drug-likeness (QED) is 0.644. The van der Waals surface area contributed by atoms with Crippen molar-refractivity contribution in [3.63, 3.8) is 0 Å². The zero-order chi connectivity index (χ0) is 15.1. The molecule has 0 aliphatic heterocycles. The lowest BCUT2D eigenvalue weighted by Crippen LogP contribution is -2.30. The minimum absolute atomic E-state index is 0.0725. The van der Waals surface area contributed by atoms with E-state index >= 15 is 0 Å². The van der Waals surface area contributed by atoms with Gasteiger partial charge in [-0.2, -0.15) is 0 Å². The summed E-state index contributed by atoms with van der Waals surface area (Å²) >= 11 is 0. The molecule has 0 unspecified atom stereocenters. The van der Waals surface area contributed by atoms with Crippen molar-refractivity contribution in [3.8, 4) is 0 Å². The molecule has 0 saturated carbocycles. The van der Waals surface area contributed by atoms with Crippen LogP contribution < -0.4 is 10.6 Å². The first kappa shape index (κ1) is 14.6. The Morgan fingerprint density at radius 3 is 2.90 bits per heavy atom. The maximum atomic E-state index is 11.7. The van der Waals surface area contributed by atoms with Gasteiger partial charge in [0.1, 0.15) is 0 Å². The number of aliphatic carboxylic acids is 1. The molecule has 2 aromatic rings. The van der Waals surface area contributed by atoms with Gasteiger partial charge in [0.25, 0.3) is 0 Å². The summed E-state index contributed by atoms with van der Waals surface area (Å²) in [5.74, 6) is -0.906. The van der Waals surface area contributed by atoms with E-state index in [0.717, 1.165) is 5.69 Å². The second-order valence-electron chi connectivity index (χ2n) is 4.48. The van der Waals surface area contributed by atoms with Gasteiger partial charge in [0, 0.05) is 30.5 Å². The number of nitrogens with one attached hydrogen (secondary N) is 3. The van der Waals surface area contributed by atoms with Crippen LogP contribution in [0, 0.1) is 0 Å². The van der Waals surface area contributed by atoms with Crippen molar-refractivity contribution >= 4 is 17.7 Å². The number of carboxylic acids is 1. The highest BCUT2D eigenvalue weighted by Gasteiger charge is 2.04. The van der Waals surface area contributed by atoms with E-state index in [4.69, 9.17) is 5.11 Å². The Kier molecular flexibility index (Phi) is 4.92. The van der Waals surface area contributed by atoms with Crippen molar-refractivity contribution in [1.29, 1.82) is 0 Å². The second kappa shape index (κ2) is 7.09. The van der Waals surface area contributed by atoms with Gasteiger partial charge in [0.05, 0.1) is 12.7 Å². The van der Waals surface area contributed by atoms with E-state index in [-0.39, 0.29) is 12.5 Å². The Labute approximate surface area is 121 Å². The maximum Gasteiger partial charge on any atom is 0.319 e. The minimum Gasteiger partial charge on any atom is -0.481 e. The largest absolute Gasteiger partial charge is 0.481 e. The molecule has 0 aliphatic carbocycles. The van der Waals surface area contributed by atoms with Crippen LogP contribution in [0.1, 0.15) is 11.3 Å². The molecule has 1 aromatic carbocycles. The molecule has 21 heavy (non-hydrogen) atoms. The SMILES string of the molecule is O=C(O)Cc1cccc(NC(=O)NCCc2cnc[nH]2)c1. The number of benzene rings is 1. The van der Waals surface area contributed by atoms with E-state index in [1.165, 1.54) is 0 Å². The number of hydrogen-bond donors (Lipinski definition) is 4. The number of nitrogens with zero attached hydrogens (tertiary/aromatic N) is 1. The molecule has 2 rings (SSSR count). The van der Waals surface area contributed by atoms with Gasteiger partial charge in [0.15, 0.2) is 0 Å². The number of urea groups is 1. The lowest BCUT2D eigenvalue weighted by atomic mass is 10.1. The Bertz CT molecular complexity index is 610. The van der Waals surface area contributed by atoms with Gasteiger partial charge >= 0.3 is 12.0 Å². The average molecular weight is 288 g/mol. The van der Waals surface area contributed by atoms with Crippen molar-refractivity contribution in [1.82, 2.24) is 15.3 Å². The van der Waals surface area contributed by atoms with Crippen LogP contribution in [-0.2, 0) is 17.6 Å². The van der Waals surface area contributed by atoms with E-state index in [1.54, 1.807) is 36.8 Å². The van der Waals surface area contributed by atoms with Gasteiger partial charge in [-0.05, 0) is 17.7 Å². The summed E-state index contributed by atoms with van der Waals surface area (Å²) < 4.78 is 0. The predicted octanol–water partition coefficient (Wildman–Crippen LogP) is 1.40. The Morgan fingerprint density at radius 1 is 1.33 bits per heavy atom. The number of carbonyl (C=O) groups excluding carboxylic acids is 1. The lowest BCUT2D eigenvalue weighted by molar-refractivity contribution is -0.136. The molecule has 7 heteroatoms. The highest BCUT2D eigenvalue weighted by atomic mass is 16.4. The standard InChI is InChI=1S/C14H16N4O3/c19-13(20)7-10-2-1-3-11(6-10)18-14(21)16-5-4-12-8-15-9-17-12/h1-3,6,8-9H,4-5,7H2,(H,15,17)(H,19,20)(H2,16,18,21). The van der Waals surface area contributed by atoms with Gasteiger partial charge < -0.3 is 20.7 Å². The highest BCUT2D eigenvalue weighted by molar-refractivity contribution is 5.89. The molecule has 0 aliphatic rings. The molecule has 0 spiro atoms. The van der Waals surface area contributed by atoms with Crippen molar-refractivity contribution in [2.45, 2.75) is 12.8 Å². The molecule has 0 bridgehead atoms. The van der Waals surface area contributed by atoms with Crippen LogP contribution in [0.4, 0.5) is 10.5 Å². The molecule has 0 fully saturated rings. The normalized spacial score (nSPS) is 10.1. The number of amides is 2. The van der Waals surface area contributed by atoms with E-state index < -0.39 is 5.97 Å². The van der Waals surface area contributed by atoms with Crippen LogP contribution in [0.2, 0.25) is 0 Å². The Morgan fingerprint density at radius 2 is 2.19 bits per heavy atom. The van der Waals surface area contributed by atoms with Crippen molar-refractivity contribution < 1.29 is 14.7 Å². The monoisotopic (exact) mass is 288 g/mol. The molecule has 1 aromatic heterocycles. The second-order valence-corrected chi connectivity index (χ2v) is 4.48. The van der Waals surface area contributed by atoms with E-state index in [9.17, 15) is 9.59 Å². The number of rotatable bonds is 6. The summed E-state index contributed by atoms with van der Waals surface area (Å²) in [5, 5.41) is 14.1. The summed E-state index contributed by atoms with van der Waals surface area (Å²) in [6, 6.07) is 6.43. The number of imidazole rings is 1. The molecule has 110 valence electrons. The number of aromatic nitrogens is 2. The first-order chi connectivity index (χ1) is 10.1. The average Bonchev–Trinajstić information content (AvgIpc) is 2.91. The third-order valence-corrected chi connectivity index (χ3v) is 2.77. The summed E-state index contributed by atoms with van der Waals surface area (Å²) in [6.45, 7) is 0.475. The van der Waals surface area contributed by atoms with E-state index in [2.05, 4.69) is 20.6 Å². The van der Waals surface area contributed by atoms with Gasteiger partial charge in [0.2, 0.25) is 0 Å². The van der Waals surface area contributed by atoms with E-state index in [0.29, 0.717) is 24.2 Å². The third-order valence-electron chi connectivity index (χ3n) is 2.77. The number of carboxylic acid groups (broad SMARTS) is 1. The van der Waals surface area contributed by atoms with Crippen molar-refractivity contribution in [3.05, 3.63) is 48.0 Å². The molecule has 0 radical (unpaired) electrons. The number of hydrogen-bond acceptors (Lipinski definition) is 3. The van der Waals surface area contributed by atoms with E-state index in [1.807, 2.05) is 0 Å². The van der Waals surface area contributed by atoms with Crippen LogP contribution in [0.3, 0.4) is 0 Å². The number of H-pyrrole nitrogens is 1. The number of anilines is 1. The predicted molar refractivity (Wildman–Crippen MR) is 77.1 cm³/mol. The van der Waals surface area contributed by atoms with Crippen LogP contribution in [0.25, 0.3) is 0 Å². The first-order valence-electron chi connectivity index (χ1n) is 6.46. The molecule has 0 atom stereocenters. The highest BCUT2D eigenvalue weighted by Crippen LogP contribution is 2.11. The zero-order valence-corrected chi connectivity index (χ0v) is 11.3. The summed E-state index contributed by atoms with van der Waals surface area (Å²) in [7, 11) is 0. The smallest absolute Gasteiger partial charge is 0.319 e. The van der Waals surface area contributed by atoms with Crippen LogP contribution >= 0.6 is 0 Å². The topological polar surface area (TPSA) is 107 Å². The Hall–Kier alpha value is -2.83. The van der Waals surface area contributed by atoms with Gasteiger partial charge in [-0.25, -0.2) is 9.78 Å². The summed E-state index contributed by atoms with van der Waals surface area (Å²) in [5.41, 5.74) is 2.14. The zero-order valence-electron chi connectivity index (χ0n) is 11.3. The van der Waals surface area contributed by atoms with Crippen LogP contribution in [-0.4, -0.2) is 33.6 Å². The number of carbonyl (C=O) groups is 2. The summed E-state index contributed by atoms with van der Waals surface area (Å²) in [6.07, 6.45) is 3.88.